The van der Waals surface area contributed by atoms with Crippen molar-refractivity contribution < 1.29 is 14.3 Å². The lowest BCUT2D eigenvalue weighted by Crippen LogP contribution is -2.16. The zero-order valence-corrected chi connectivity index (χ0v) is 9.94. The lowest BCUT2D eigenvalue weighted by molar-refractivity contribution is -0.114. The number of hydrogen-bond donors (Lipinski definition) is 1. The van der Waals surface area contributed by atoms with Gasteiger partial charge in [0.2, 0.25) is 5.91 Å². The zero-order valence-electron chi connectivity index (χ0n) is 9.94. The number of carbonyl (C=O) groups excluding carboxylic acids is 1. The molecule has 0 unspecified atom stereocenters. The van der Waals surface area contributed by atoms with Gasteiger partial charge in [0.25, 0.3) is 0 Å². The molecule has 4 nitrogen and oxygen atoms in total. The SMILES string of the molecule is CC(=O)Nc1ccc(OC[C@@H]2CCCO2)cc1. The maximum Gasteiger partial charge on any atom is 0.221 e. The van der Waals surface area contributed by atoms with E-state index in [0.29, 0.717) is 6.61 Å². The Labute approximate surface area is 101 Å². The molecule has 1 N–H and O–H groups in total. The molecule has 1 aliphatic rings. The number of anilines is 1. The van der Waals surface area contributed by atoms with Crippen LogP contribution in [0.5, 0.6) is 5.75 Å². The summed E-state index contributed by atoms with van der Waals surface area (Å²) in [6.07, 6.45) is 2.42. The van der Waals surface area contributed by atoms with Gasteiger partial charge in [-0.1, -0.05) is 0 Å². The van der Waals surface area contributed by atoms with Gasteiger partial charge in [-0.15, -0.1) is 0 Å². The molecule has 1 atom stereocenters. The van der Waals surface area contributed by atoms with Crippen LogP contribution < -0.4 is 10.1 Å². The minimum absolute atomic E-state index is 0.0713. The number of rotatable bonds is 4. The van der Waals surface area contributed by atoms with Crippen LogP contribution in [0.3, 0.4) is 0 Å². The van der Waals surface area contributed by atoms with E-state index in [1.54, 1.807) is 0 Å². The molecule has 17 heavy (non-hydrogen) atoms. The molecule has 4 heteroatoms. The van der Waals surface area contributed by atoms with E-state index < -0.39 is 0 Å². The molecule has 1 heterocycles. The summed E-state index contributed by atoms with van der Waals surface area (Å²) in [4.78, 5) is 10.8. The van der Waals surface area contributed by atoms with E-state index in [1.807, 2.05) is 24.3 Å². The molecule has 0 radical (unpaired) electrons. The Morgan fingerprint density at radius 3 is 2.82 bits per heavy atom. The summed E-state index contributed by atoms with van der Waals surface area (Å²) in [5.74, 6) is 0.729. The fraction of sp³-hybridized carbons (Fsp3) is 0.462. The molecule has 1 amide bonds. The molecular formula is C13H17NO3. The summed E-state index contributed by atoms with van der Waals surface area (Å²) >= 11 is 0. The fourth-order valence-corrected chi connectivity index (χ4v) is 1.80. The molecule has 0 spiro atoms. The number of ether oxygens (including phenoxy) is 2. The molecule has 1 aromatic carbocycles. The van der Waals surface area contributed by atoms with Gasteiger partial charge in [0, 0.05) is 19.2 Å². The molecule has 0 aliphatic carbocycles. The average molecular weight is 235 g/mol. The molecule has 92 valence electrons. The first-order chi connectivity index (χ1) is 8.24. The largest absolute Gasteiger partial charge is 0.491 e. The maximum atomic E-state index is 10.8. The van der Waals surface area contributed by atoms with Gasteiger partial charge in [-0.05, 0) is 37.1 Å². The van der Waals surface area contributed by atoms with Crippen molar-refractivity contribution in [1.29, 1.82) is 0 Å². The molecule has 0 aromatic heterocycles. The van der Waals surface area contributed by atoms with Crippen LogP contribution in [0.4, 0.5) is 5.69 Å². The van der Waals surface area contributed by atoms with Crippen LogP contribution in [0.25, 0.3) is 0 Å². The highest BCUT2D eigenvalue weighted by molar-refractivity contribution is 5.88. The second-order valence-corrected chi connectivity index (χ2v) is 4.15. The minimum atomic E-state index is -0.0713. The van der Waals surface area contributed by atoms with Crippen molar-refractivity contribution in [2.75, 3.05) is 18.5 Å². The molecule has 1 aromatic rings. The molecule has 1 aliphatic heterocycles. The number of hydrogen-bond acceptors (Lipinski definition) is 3. The van der Waals surface area contributed by atoms with E-state index in [9.17, 15) is 4.79 Å². The van der Waals surface area contributed by atoms with Crippen LogP contribution in [-0.2, 0) is 9.53 Å². The number of amides is 1. The molecular weight excluding hydrogens is 218 g/mol. The topological polar surface area (TPSA) is 47.6 Å². The Hall–Kier alpha value is -1.55. The highest BCUT2D eigenvalue weighted by Gasteiger charge is 2.15. The van der Waals surface area contributed by atoms with Crippen LogP contribution in [0.1, 0.15) is 19.8 Å². The van der Waals surface area contributed by atoms with Crippen LogP contribution in [-0.4, -0.2) is 25.2 Å². The van der Waals surface area contributed by atoms with E-state index in [1.165, 1.54) is 6.92 Å². The normalized spacial score (nSPS) is 19.0. The average Bonchev–Trinajstić information content (AvgIpc) is 2.80. The highest BCUT2D eigenvalue weighted by atomic mass is 16.5. The molecule has 0 saturated carbocycles. The maximum absolute atomic E-state index is 10.8. The van der Waals surface area contributed by atoms with Crippen molar-refractivity contribution in [1.82, 2.24) is 0 Å². The quantitative estimate of drug-likeness (QED) is 0.870. The summed E-state index contributed by atoms with van der Waals surface area (Å²) in [7, 11) is 0. The highest BCUT2D eigenvalue weighted by Crippen LogP contribution is 2.18. The summed E-state index contributed by atoms with van der Waals surface area (Å²) < 4.78 is 11.1. The Balaban J connectivity index is 1.82. The summed E-state index contributed by atoms with van der Waals surface area (Å²) in [6, 6.07) is 7.35. The predicted molar refractivity (Wildman–Crippen MR) is 65.2 cm³/mol. The van der Waals surface area contributed by atoms with Gasteiger partial charge < -0.3 is 14.8 Å². The van der Waals surface area contributed by atoms with Gasteiger partial charge >= 0.3 is 0 Å². The van der Waals surface area contributed by atoms with E-state index in [-0.39, 0.29) is 12.0 Å². The fourth-order valence-electron chi connectivity index (χ4n) is 1.80. The van der Waals surface area contributed by atoms with Crippen molar-refractivity contribution in [3.05, 3.63) is 24.3 Å². The second kappa shape index (κ2) is 5.68. The Kier molecular flexibility index (Phi) is 3.98. The van der Waals surface area contributed by atoms with Crippen molar-refractivity contribution in [2.24, 2.45) is 0 Å². The van der Waals surface area contributed by atoms with Gasteiger partial charge in [0.15, 0.2) is 0 Å². The van der Waals surface area contributed by atoms with Crippen molar-refractivity contribution in [3.8, 4) is 5.75 Å². The standard InChI is InChI=1S/C13H17NO3/c1-10(15)14-11-4-6-12(7-5-11)17-9-13-3-2-8-16-13/h4-7,13H,2-3,8-9H2,1H3,(H,14,15)/t13-/m0/s1. The van der Waals surface area contributed by atoms with Gasteiger partial charge in [-0.2, -0.15) is 0 Å². The first-order valence-electron chi connectivity index (χ1n) is 5.86. The molecule has 1 saturated heterocycles. The van der Waals surface area contributed by atoms with E-state index in [0.717, 1.165) is 30.9 Å². The zero-order chi connectivity index (χ0) is 12.1. The molecule has 0 bridgehead atoms. The van der Waals surface area contributed by atoms with Crippen LogP contribution >= 0.6 is 0 Å². The summed E-state index contributed by atoms with van der Waals surface area (Å²) in [5.41, 5.74) is 0.780. The molecule has 2 rings (SSSR count). The van der Waals surface area contributed by atoms with E-state index >= 15 is 0 Å². The van der Waals surface area contributed by atoms with Crippen molar-refractivity contribution in [2.45, 2.75) is 25.9 Å². The number of carbonyl (C=O) groups is 1. The van der Waals surface area contributed by atoms with Gasteiger partial charge in [-0.3, -0.25) is 4.79 Å². The summed E-state index contributed by atoms with van der Waals surface area (Å²) in [6.45, 7) is 2.93. The number of benzene rings is 1. The van der Waals surface area contributed by atoms with Gasteiger partial charge in [-0.25, -0.2) is 0 Å². The van der Waals surface area contributed by atoms with Gasteiger partial charge in [0.05, 0.1) is 6.10 Å². The Bertz CT molecular complexity index is 369. The predicted octanol–water partition coefficient (Wildman–Crippen LogP) is 2.20. The van der Waals surface area contributed by atoms with Crippen LogP contribution in [0.2, 0.25) is 0 Å². The minimum Gasteiger partial charge on any atom is -0.491 e. The second-order valence-electron chi connectivity index (χ2n) is 4.15. The first-order valence-corrected chi connectivity index (χ1v) is 5.86. The lowest BCUT2D eigenvalue weighted by Gasteiger charge is -2.11. The summed E-state index contributed by atoms with van der Waals surface area (Å²) in [5, 5.41) is 2.71. The molecule has 1 fully saturated rings. The first kappa shape index (κ1) is 11.9. The van der Waals surface area contributed by atoms with Crippen molar-refractivity contribution >= 4 is 11.6 Å². The third-order valence-corrected chi connectivity index (χ3v) is 2.63. The lowest BCUT2D eigenvalue weighted by atomic mass is 10.2. The number of nitrogens with one attached hydrogen (secondary N) is 1. The third kappa shape index (κ3) is 3.75. The smallest absolute Gasteiger partial charge is 0.221 e. The Morgan fingerprint density at radius 2 is 2.24 bits per heavy atom. The van der Waals surface area contributed by atoms with Gasteiger partial charge in [0.1, 0.15) is 12.4 Å². The Morgan fingerprint density at radius 1 is 1.47 bits per heavy atom. The van der Waals surface area contributed by atoms with E-state index in [2.05, 4.69) is 5.32 Å². The van der Waals surface area contributed by atoms with Crippen LogP contribution in [0.15, 0.2) is 24.3 Å². The monoisotopic (exact) mass is 235 g/mol. The van der Waals surface area contributed by atoms with E-state index in [4.69, 9.17) is 9.47 Å². The third-order valence-electron chi connectivity index (χ3n) is 2.63. The van der Waals surface area contributed by atoms with Crippen LogP contribution in [0, 0.1) is 0 Å². The van der Waals surface area contributed by atoms with Crippen molar-refractivity contribution in [3.63, 3.8) is 0 Å².